The van der Waals surface area contributed by atoms with Crippen LogP contribution in [0.3, 0.4) is 0 Å². The third-order valence-corrected chi connectivity index (χ3v) is 5.75. The molecule has 0 aliphatic carbocycles. The van der Waals surface area contributed by atoms with Gasteiger partial charge < -0.3 is 5.32 Å². The monoisotopic (exact) mass is 364 g/mol. The van der Waals surface area contributed by atoms with Gasteiger partial charge in [-0.05, 0) is 27.8 Å². The summed E-state index contributed by atoms with van der Waals surface area (Å²) in [6.07, 6.45) is 3.07. The molecule has 3 nitrogen and oxygen atoms in total. The Morgan fingerprint density at radius 2 is 1.88 bits per heavy atom. The fraction of sp³-hybridized carbons (Fsp3) is 0.100. The van der Waals surface area contributed by atoms with Gasteiger partial charge in [-0.2, -0.15) is 0 Å². The summed E-state index contributed by atoms with van der Waals surface area (Å²) >= 11 is 3.13. The number of rotatable bonds is 5. The lowest BCUT2D eigenvalue weighted by atomic mass is 10.0. The number of carbonyl (C=O) groups is 1. The lowest BCUT2D eigenvalue weighted by molar-refractivity contribution is -0.115. The van der Waals surface area contributed by atoms with Crippen molar-refractivity contribution in [2.24, 2.45) is 0 Å². The third-order valence-electron chi connectivity index (χ3n) is 3.96. The number of nitrogens with zero attached hydrogens (tertiary/aromatic N) is 1. The summed E-state index contributed by atoms with van der Waals surface area (Å²) in [6, 6.07) is 18.7. The molecule has 1 N–H and O–H groups in total. The number of fused-ring (bicyclic) bond motifs is 1. The van der Waals surface area contributed by atoms with Gasteiger partial charge in [0.2, 0.25) is 5.91 Å². The van der Waals surface area contributed by atoms with Crippen LogP contribution >= 0.6 is 22.7 Å². The number of aromatic nitrogens is 1. The van der Waals surface area contributed by atoms with Crippen molar-refractivity contribution in [2.45, 2.75) is 12.8 Å². The molecule has 25 heavy (non-hydrogen) atoms. The van der Waals surface area contributed by atoms with Gasteiger partial charge in [-0.15, -0.1) is 22.7 Å². The molecule has 1 amide bonds. The number of hydrogen-bond acceptors (Lipinski definition) is 4. The Bertz CT molecular complexity index is 1000. The van der Waals surface area contributed by atoms with Crippen molar-refractivity contribution in [3.8, 4) is 0 Å². The molecular weight excluding hydrogens is 348 g/mol. The zero-order valence-electron chi connectivity index (χ0n) is 13.4. The van der Waals surface area contributed by atoms with Crippen molar-refractivity contribution in [1.29, 1.82) is 0 Å². The van der Waals surface area contributed by atoms with Gasteiger partial charge in [0, 0.05) is 22.4 Å². The van der Waals surface area contributed by atoms with E-state index in [0.29, 0.717) is 11.6 Å². The molecule has 4 rings (SSSR count). The minimum atomic E-state index is -0.0199. The summed E-state index contributed by atoms with van der Waals surface area (Å²) in [5.41, 5.74) is 1.28. The number of carbonyl (C=O) groups excluding carboxylic acids is 1. The lowest BCUT2D eigenvalue weighted by Gasteiger charge is -2.04. The standard InChI is InChI=1S/C20H16N2OS2/c23-19(12-16-8-4-10-24-16)22-20-21-13-17(25-20)11-15-7-3-6-14-5-1-2-9-18(14)15/h1-10,13H,11-12H2,(H,21,22,23). The van der Waals surface area contributed by atoms with E-state index in [1.165, 1.54) is 27.7 Å². The summed E-state index contributed by atoms with van der Waals surface area (Å²) in [7, 11) is 0. The first-order chi connectivity index (χ1) is 12.3. The lowest BCUT2D eigenvalue weighted by Crippen LogP contribution is -2.13. The number of benzene rings is 2. The fourth-order valence-electron chi connectivity index (χ4n) is 2.82. The Balaban J connectivity index is 1.47. The van der Waals surface area contributed by atoms with E-state index >= 15 is 0 Å². The highest BCUT2D eigenvalue weighted by Gasteiger charge is 2.09. The summed E-state index contributed by atoms with van der Waals surface area (Å²) in [5, 5.41) is 8.05. The summed E-state index contributed by atoms with van der Waals surface area (Å²) in [5.74, 6) is -0.0199. The van der Waals surface area contributed by atoms with Crippen molar-refractivity contribution in [3.63, 3.8) is 0 Å². The average Bonchev–Trinajstić information content (AvgIpc) is 3.27. The van der Waals surface area contributed by atoms with E-state index in [1.54, 1.807) is 11.3 Å². The Kier molecular flexibility index (Phi) is 4.59. The van der Waals surface area contributed by atoms with Crippen molar-refractivity contribution < 1.29 is 4.79 Å². The van der Waals surface area contributed by atoms with Gasteiger partial charge in [-0.3, -0.25) is 4.79 Å². The maximum absolute atomic E-state index is 12.1. The van der Waals surface area contributed by atoms with Crippen LogP contribution in [0, 0.1) is 0 Å². The number of nitrogens with one attached hydrogen (secondary N) is 1. The molecule has 0 fully saturated rings. The van der Waals surface area contributed by atoms with Crippen LogP contribution < -0.4 is 5.32 Å². The van der Waals surface area contributed by atoms with Crippen LogP contribution in [0.4, 0.5) is 5.13 Å². The molecule has 5 heteroatoms. The van der Waals surface area contributed by atoms with Gasteiger partial charge in [0.25, 0.3) is 0 Å². The number of amides is 1. The third kappa shape index (κ3) is 3.78. The SMILES string of the molecule is O=C(Cc1cccs1)Nc1ncc(Cc2cccc3ccccc23)s1. The Morgan fingerprint density at radius 3 is 2.76 bits per heavy atom. The second kappa shape index (κ2) is 7.17. The van der Waals surface area contributed by atoms with E-state index in [-0.39, 0.29) is 5.91 Å². The van der Waals surface area contributed by atoms with E-state index in [9.17, 15) is 4.79 Å². The largest absolute Gasteiger partial charge is 0.302 e. The Labute approximate surface area is 154 Å². The van der Waals surface area contributed by atoms with Gasteiger partial charge in [0.15, 0.2) is 5.13 Å². The smallest absolute Gasteiger partial charge is 0.231 e. The van der Waals surface area contributed by atoms with Crippen LogP contribution in [0.1, 0.15) is 15.3 Å². The normalized spacial score (nSPS) is 10.9. The summed E-state index contributed by atoms with van der Waals surface area (Å²) < 4.78 is 0. The molecule has 124 valence electrons. The maximum atomic E-state index is 12.1. The van der Waals surface area contributed by atoms with Crippen LogP contribution in [-0.4, -0.2) is 10.9 Å². The van der Waals surface area contributed by atoms with E-state index < -0.39 is 0 Å². The van der Waals surface area contributed by atoms with Gasteiger partial charge in [0.1, 0.15) is 0 Å². The molecule has 0 unspecified atom stereocenters. The molecule has 0 atom stereocenters. The average molecular weight is 364 g/mol. The predicted octanol–water partition coefficient (Wildman–Crippen LogP) is 5.13. The summed E-state index contributed by atoms with van der Waals surface area (Å²) in [4.78, 5) is 18.6. The zero-order valence-corrected chi connectivity index (χ0v) is 15.1. The van der Waals surface area contributed by atoms with Crippen molar-refractivity contribution in [3.05, 3.63) is 81.5 Å². The van der Waals surface area contributed by atoms with Crippen LogP contribution in [0.25, 0.3) is 10.8 Å². The molecule has 2 aromatic heterocycles. The molecule has 0 saturated heterocycles. The van der Waals surface area contributed by atoms with Gasteiger partial charge >= 0.3 is 0 Å². The minimum Gasteiger partial charge on any atom is -0.302 e. The van der Waals surface area contributed by atoms with Crippen LogP contribution in [0.2, 0.25) is 0 Å². The zero-order chi connectivity index (χ0) is 17.1. The minimum absolute atomic E-state index is 0.0199. The molecule has 0 aliphatic rings. The number of thiazole rings is 1. The topological polar surface area (TPSA) is 42.0 Å². The molecule has 0 saturated carbocycles. The molecule has 4 aromatic rings. The quantitative estimate of drug-likeness (QED) is 0.533. The van der Waals surface area contributed by atoms with Crippen LogP contribution in [0.15, 0.2) is 66.2 Å². The van der Waals surface area contributed by atoms with Gasteiger partial charge in [-0.1, -0.05) is 48.5 Å². The van der Waals surface area contributed by atoms with Crippen molar-refractivity contribution in [1.82, 2.24) is 4.98 Å². The molecule has 2 aromatic carbocycles. The Morgan fingerprint density at radius 1 is 1.00 bits per heavy atom. The second-order valence-corrected chi connectivity index (χ2v) is 7.90. The van der Waals surface area contributed by atoms with Crippen molar-refractivity contribution in [2.75, 3.05) is 5.32 Å². The van der Waals surface area contributed by atoms with E-state index in [1.807, 2.05) is 23.7 Å². The highest BCUT2D eigenvalue weighted by atomic mass is 32.1. The van der Waals surface area contributed by atoms with Crippen molar-refractivity contribution >= 4 is 44.5 Å². The number of thiophene rings is 1. The van der Waals surface area contributed by atoms with Gasteiger partial charge in [-0.25, -0.2) is 4.98 Å². The predicted molar refractivity (Wildman–Crippen MR) is 106 cm³/mol. The van der Waals surface area contributed by atoms with Gasteiger partial charge in [0.05, 0.1) is 6.42 Å². The maximum Gasteiger partial charge on any atom is 0.231 e. The molecular formula is C20H16N2OS2. The number of hydrogen-bond donors (Lipinski definition) is 1. The van der Waals surface area contributed by atoms with E-state index in [4.69, 9.17) is 0 Å². The van der Waals surface area contributed by atoms with Crippen LogP contribution in [0.5, 0.6) is 0 Å². The summed E-state index contributed by atoms with van der Waals surface area (Å²) in [6.45, 7) is 0. The van der Waals surface area contributed by atoms with Crippen LogP contribution in [-0.2, 0) is 17.6 Å². The molecule has 2 heterocycles. The highest BCUT2D eigenvalue weighted by Crippen LogP contribution is 2.25. The Hall–Kier alpha value is -2.50. The highest BCUT2D eigenvalue weighted by molar-refractivity contribution is 7.15. The molecule has 0 bridgehead atoms. The first-order valence-corrected chi connectivity index (χ1v) is 9.71. The fourth-order valence-corrected chi connectivity index (χ4v) is 4.37. The number of anilines is 1. The molecule has 0 aliphatic heterocycles. The molecule has 0 spiro atoms. The van der Waals surface area contributed by atoms with E-state index in [0.717, 1.165) is 16.2 Å². The second-order valence-electron chi connectivity index (χ2n) is 5.75. The first-order valence-electron chi connectivity index (χ1n) is 8.01. The van der Waals surface area contributed by atoms with E-state index in [2.05, 4.69) is 52.8 Å². The molecule has 0 radical (unpaired) electrons. The first kappa shape index (κ1) is 16.0.